The van der Waals surface area contributed by atoms with Crippen LogP contribution in [-0.2, 0) is 24.3 Å². The summed E-state index contributed by atoms with van der Waals surface area (Å²) < 4.78 is 34.2. The van der Waals surface area contributed by atoms with E-state index in [4.69, 9.17) is 0 Å². The molecular formula is C10H14N2O6S2. The van der Waals surface area contributed by atoms with Crippen LogP contribution in [0.5, 0.6) is 0 Å². The number of sulfonamides is 1. The summed E-state index contributed by atoms with van der Waals surface area (Å²) >= 11 is 0.811. The smallest absolute Gasteiger partial charge is 0.358 e. The molecule has 20 heavy (non-hydrogen) atoms. The first-order valence-corrected chi connectivity index (χ1v) is 7.71. The number of hydrogen-bond donors (Lipinski definition) is 0. The Morgan fingerprint density at radius 2 is 2.00 bits per heavy atom. The van der Waals surface area contributed by atoms with Gasteiger partial charge in [-0.05, 0) is 0 Å². The van der Waals surface area contributed by atoms with Gasteiger partial charge in [0.1, 0.15) is 0 Å². The van der Waals surface area contributed by atoms with Crippen molar-refractivity contribution in [2.45, 2.75) is 10.6 Å². The molecule has 0 unspecified atom stereocenters. The van der Waals surface area contributed by atoms with Crippen molar-refractivity contribution >= 4 is 33.3 Å². The number of ether oxygens (including phenoxy) is 2. The summed E-state index contributed by atoms with van der Waals surface area (Å²) in [6.07, 6.45) is -0.0847. The molecule has 0 bridgehead atoms. The largest absolute Gasteiger partial charge is 0.469 e. The third-order valence-electron chi connectivity index (χ3n) is 2.42. The zero-order chi connectivity index (χ0) is 15.3. The van der Waals surface area contributed by atoms with Crippen LogP contribution < -0.4 is 0 Å². The highest BCUT2D eigenvalue weighted by Gasteiger charge is 2.30. The fraction of sp³-hybridized carbons (Fsp3) is 0.500. The quantitative estimate of drug-likeness (QED) is 0.685. The van der Waals surface area contributed by atoms with Gasteiger partial charge in [-0.2, -0.15) is 4.31 Å². The summed E-state index contributed by atoms with van der Waals surface area (Å²) in [6, 6.07) is 0. The second kappa shape index (κ2) is 6.77. The van der Waals surface area contributed by atoms with Gasteiger partial charge in [-0.3, -0.25) is 4.79 Å². The van der Waals surface area contributed by atoms with Gasteiger partial charge in [-0.1, -0.05) is 0 Å². The molecule has 1 aromatic heterocycles. The third-order valence-corrected chi connectivity index (χ3v) is 5.62. The lowest BCUT2D eigenvalue weighted by atomic mass is 10.4. The summed E-state index contributed by atoms with van der Waals surface area (Å²) in [7, 11) is -0.244. The van der Waals surface area contributed by atoms with Crippen molar-refractivity contribution in [1.29, 1.82) is 0 Å². The van der Waals surface area contributed by atoms with Crippen molar-refractivity contribution in [1.82, 2.24) is 9.29 Å². The third kappa shape index (κ3) is 3.52. The number of thiazole rings is 1. The summed E-state index contributed by atoms with van der Waals surface area (Å²) in [5.41, 5.74) is 0.982. The molecule has 0 saturated carbocycles. The number of carbonyl (C=O) groups is 2. The highest BCUT2D eigenvalue weighted by atomic mass is 32.2. The maximum atomic E-state index is 12.3. The van der Waals surface area contributed by atoms with E-state index >= 15 is 0 Å². The molecule has 0 aromatic carbocycles. The van der Waals surface area contributed by atoms with Crippen molar-refractivity contribution in [2.24, 2.45) is 0 Å². The Kier molecular flexibility index (Phi) is 5.60. The Morgan fingerprint density at radius 1 is 1.35 bits per heavy atom. The average Bonchev–Trinajstić information content (AvgIpc) is 2.93. The number of esters is 2. The monoisotopic (exact) mass is 322 g/mol. The molecule has 10 heteroatoms. The van der Waals surface area contributed by atoms with Crippen LogP contribution in [-0.4, -0.2) is 57.5 Å². The first-order valence-electron chi connectivity index (χ1n) is 5.39. The molecule has 0 aliphatic heterocycles. The lowest BCUT2D eigenvalue weighted by Gasteiger charge is -2.15. The van der Waals surface area contributed by atoms with Gasteiger partial charge in [0.2, 0.25) is 0 Å². The Labute approximate surface area is 120 Å². The van der Waals surface area contributed by atoms with Crippen LogP contribution in [0, 0.1) is 0 Å². The van der Waals surface area contributed by atoms with Gasteiger partial charge in [0.05, 0.1) is 26.2 Å². The van der Waals surface area contributed by atoms with Gasteiger partial charge in [0.15, 0.2) is 9.90 Å². The Morgan fingerprint density at radius 3 is 2.55 bits per heavy atom. The molecule has 1 rings (SSSR count). The first-order chi connectivity index (χ1) is 9.34. The van der Waals surface area contributed by atoms with Gasteiger partial charge in [-0.15, -0.1) is 11.3 Å². The van der Waals surface area contributed by atoms with Crippen LogP contribution >= 0.6 is 11.3 Å². The topological polar surface area (TPSA) is 103 Å². The molecule has 1 aromatic rings. The summed E-state index contributed by atoms with van der Waals surface area (Å²) in [4.78, 5) is 26.2. The van der Waals surface area contributed by atoms with E-state index < -0.39 is 22.0 Å². The Bertz CT molecular complexity index is 595. The van der Waals surface area contributed by atoms with E-state index in [1.54, 1.807) is 0 Å². The maximum Gasteiger partial charge on any atom is 0.358 e. The summed E-state index contributed by atoms with van der Waals surface area (Å²) in [5.74, 6) is -1.35. The van der Waals surface area contributed by atoms with Gasteiger partial charge < -0.3 is 9.47 Å². The minimum absolute atomic E-state index is 0.0620. The fourth-order valence-corrected chi connectivity index (χ4v) is 3.76. The predicted molar refractivity (Wildman–Crippen MR) is 69.9 cm³/mol. The minimum atomic E-state index is -3.90. The van der Waals surface area contributed by atoms with Gasteiger partial charge in [0.25, 0.3) is 10.0 Å². The summed E-state index contributed by atoms with van der Waals surface area (Å²) in [5, 5.41) is 0. The van der Waals surface area contributed by atoms with E-state index in [0.717, 1.165) is 22.8 Å². The molecule has 0 spiro atoms. The SMILES string of the molecule is COC(=O)CCN(C)S(=O)(=O)c1scnc1C(=O)OC. The molecule has 0 atom stereocenters. The zero-order valence-corrected chi connectivity index (χ0v) is 12.8. The molecule has 0 saturated heterocycles. The van der Waals surface area contributed by atoms with Crippen LogP contribution in [0.4, 0.5) is 0 Å². The number of aromatic nitrogens is 1. The van der Waals surface area contributed by atoms with Gasteiger partial charge in [-0.25, -0.2) is 18.2 Å². The zero-order valence-electron chi connectivity index (χ0n) is 11.2. The normalized spacial score (nSPS) is 11.4. The van der Waals surface area contributed by atoms with Crippen LogP contribution in [0.1, 0.15) is 16.9 Å². The predicted octanol–water partition coefficient (Wildman–Crippen LogP) is 0.113. The number of nitrogens with zero attached hydrogens (tertiary/aromatic N) is 2. The number of carbonyl (C=O) groups excluding carboxylic acids is 2. The maximum absolute atomic E-state index is 12.3. The Hall–Kier alpha value is -1.52. The van der Waals surface area contributed by atoms with E-state index in [1.165, 1.54) is 19.7 Å². The van der Waals surface area contributed by atoms with Gasteiger partial charge >= 0.3 is 11.9 Å². The fourth-order valence-electron chi connectivity index (χ4n) is 1.26. The van der Waals surface area contributed by atoms with E-state index in [0.29, 0.717) is 0 Å². The minimum Gasteiger partial charge on any atom is -0.469 e. The Balaban J connectivity index is 2.96. The first kappa shape index (κ1) is 16.5. The molecule has 112 valence electrons. The second-order valence-corrected chi connectivity index (χ2v) is 6.73. The molecule has 0 radical (unpaired) electrons. The van der Waals surface area contributed by atoms with E-state index in [1.807, 2.05) is 0 Å². The molecular weight excluding hydrogens is 308 g/mol. The lowest BCUT2D eigenvalue weighted by molar-refractivity contribution is -0.140. The molecule has 8 nitrogen and oxygen atoms in total. The molecule has 0 N–H and O–H groups in total. The standard InChI is InChI=1S/C10H14N2O6S2/c1-12(5-4-7(13)17-2)20(15,16)10-8(9(14)18-3)11-6-19-10/h6H,4-5H2,1-3H3. The molecule has 0 aliphatic rings. The van der Waals surface area contributed by atoms with Crippen molar-refractivity contribution in [3.05, 3.63) is 11.2 Å². The molecule has 0 amide bonds. The summed E-state index contributed by atoms with van der Waals surface area (Å²) in [6.45, 7) is -0.0620. The van der Waals surface area contributed by atoms with Crippen LogP contribution in [0.15, 0.2) is 9.72 Å². The van der Waals surface area contributed by atoms with E-state index in [-0.39, 0.29) is 22.9 Å². The van der Waals surface area contributed by atoms with Crippen molar-refractivity contribution < 1.29 is 27.5 Å². The number of methoxy groups -OCH3 is 2. The molecule has 1 heterocycles. The molecule has 0 fully saturated rings. The van der Waals surface area contributed by atoms with Gasteiger partial charge in [0, 0.05) is 13.6 Å². The number of hydrogen-bond acceptors (Lipinski definition) is 8. The molecule has 0 aliphatic carbocycles. The van der Waals surface area contributed by atoms with Crippen LogP contribution in [0.25, 0.3) is 0 Å². The van der Waals surface area contributed by atoms with Crippen LogP contribution in [0.3, 0.4) is 0 Å². The van der Waals surface area contributed by atoms with E-state index in [9.17, 15) is 18.0 Å². The van der Waals surface area contributed by atoms with Crippen LogP contribution in [0.2, 0.25) is 0 Å². The average molecular weight is 322 g/mol. The van der Waals surface area contributed by atoms with Crippen molar-refractivity contribution in [3.63, 3.8) is 0 Å². The van der Waals surface area contributed by atoms with Crippen molar-refractivity contribution in [3.8, 4) is 0 Å². The van der Waals surface area contributed by atoms with Crippen molar-refractivity contribution in [2.75, 3.05) is 27.8 Å². The second-order valence-electron chi connectivity index (χ2n) is 3.63. The van der Waals surface area contributed by atoms with E-state index in [2.05, 4.69) is 14.5 Å². The number of rotatable bonds is 6. The highest BCUT2D eigenvalue weighted by molar-refractivity contribution is 7.91. The lowest BCUT2D eigenvalue weighted by Crippen LogP contribution is -2.30. The highest BCUT2D eigenvalue weighted by Crippen LogP contribution is 2.24.